The minimum absolute atomic E-state index is 0.200. The molecule has 1 saturated heterocycles. The molecule has 3 aromatic carbocycles. The molecule has 0 atom stereocenters. The summed E-state index contributed by atoms with van der Waals surface area (Å²) in [5.74, 6) is 0.0894. The second-order valence-corrected chi connectivity index (χ2v) is 10.2. The monoisotopic (exact) mass is 538 g/mol. The molecule has 0 spiro atoms. The normalized spacial score (nSPS) is 13.6. The average molecular weight is 539 g/mol. The van der Waals surface area contributed by atoms with Gasteiger partial charge in [-0.05, 0) is 72.7 Å². The van der Waals surface area contributed by atoms with Crippen molar-refractivity contribution < 1.29 is 9.59 Å². The molecule has 2 amide bonds. The molecule has 0 radical (unpaired) electrons. The molecule has 0 aliphatic carbocycles. The summed E-state index contributed by atoms with van der Waals surface area (Å²) in [5, 5.41) is 6.29. The zero-order chi connectivity index (χ0) is 27.0. The summed E-state index contributed by atoms with van der Waals surface area (Å²) >= 11 is 6.22. The maximum Gasteiger partial charge on any atom is 0.257 e. The molecule has 0 saturated carbocycles. The van der Waals surface area contributed by atoms with Gasteiger partial charge in [-0.15, -0.1) is 0 Å². The van der Waals surface area contributed by atoms with Crippen LogP contribution in [0.1, 0.15) is 44.7 Å². The van der Waals surface area contributed by atoms with Crippen LogP contribution in [0.4, 0.5) is 11.4 Å². The highest BCUT2D eigenvalue weighted by atomic mass is 35.5. The molecule has 2 heterocycles. The first kappa shape index (κ1) is 26.4. The fourth-order valence-electron chi connectivity index (χ4n) is 5.02. The van der Waals surface area contributed by atoms with Crippen LogP contribution in [0.25, 0.3) is 0 Å². The number of piperidine rings is 1. The third-order valence-corrected chi connectivity index (χ3v) is 7.45. The Labute approximate surface area is 234 Å². The quantitative estimate of drug-likeness (QED) is 0.273. The summed E-state index contributed by atoms with van der Waals surface area (Å²) in [6, 6.07) is 26.8. The van der Waals surface area contributed by atoms with Gasteiger partial charge in [0.05, 0.1) is 16.1 Å². The van der Waals surface area contributed by atoms with Crippen LogP contribution in [0.5, 0.6) is 0 Å². The topological polar surface area (TPSA) is 74.3 Å². The number of nitrogens with one attached hydrogen (secondary N) is 2. The Balaban J connectivity index is 1.33. The highest BCUT2D eigenvalue weighted by molar-refractivity contribution is 6.34. The van der Waals surface area contributed by atoms with Crippen molar-refractivity contribution in [2.24, 2.45) is 5.92 Å². The minimum atomic E-state index is -0.322. The summed E-state index contributed by atoms with van der Waals surface area (Å²) in [4.78, 5) is 32.7. The lowest BCUT2D eigenvalue weighted by Crippen LogP contribution is -2.36. The van der Waals surface area contributed by atoms with E-state index >= 15 is 0 Å². The first-order valence-electron chi connectivity index (χ1n) is 13.2. The number of carbonyl (C=O) groups excluding carboxylic acids is 2. The maximum absolute atomic E-state index is 13.5. The number of halogens is 1. The van der Waals surface area contributed by atoms with E-state index in [1.165, 1.54) is 5.56 Å². The van der Waals surface area contributed by atoms with Gasteiger partial charge in [-0.3, -0.25) is 14.6 Å². The van der Waals surface area contributed by atoms with E-state index in [0.29, 0.717) is 34.3 Å². The summed E-state index contributed by atoms with van der Waals surface area (Å²) in [6.45, 7) is 2.10. The van der Waals surface area contributed by atoms with Gasteiger partial charge in [-0.1, -0.05) is 60.1 Å². The van der Waals surface area contributed by atoms with Crippen molar-refractivity contribution in [1.82, 2.24) is 10.3 Å². The van der Waals surface area contributed by atoms with Crippen molar-refractivity contribution in [3.8, 4) is 0 Å². The van der Waals surface area contributed by atoms with E-state index in [1.807, 2.05) is 30.3 Å². The van der Waals surface area contributed by atoms with Crippen molar-refractivity contribution in [3.05, 3.63) is 125 Å². The lowest BCUT2D eigenvalue weighted by Gasteiger charge is -2.35. The highest BCUT2D eigenvalue weighted by Crippen LogP contribution is 2.30. The van der Waals surface area contributed by atoms with Crippen LogP contribution in [-0.2, 0) is 13.0 Å². The van der Waals surface area contributed by atoms with E-state index in [2.05, 4.69) is 44.8 Å². The number of benzene rings is 3. The van der Waals surface area contributed by atoms with Gasteiger partial charge in [0, 0.05) is 43.4 Å². The summed E-state index contributed by atoms with van der Waals surface area (Å²) in [7, 11) is 0. The number of rotatable bonds is 8. The molecule has 1 aliphatic rings. The fourth-order valence-corrected chi connectivity index (χ4v) is 5.24. The second-order valence-electron chi connectivity index (χ2n) is 9.83. The zero-order valence-corrected chi connectivity index (χ0v) is 22.4. The van der Waals surface area contributed by atoms with E-state index in [-0.39, 0.29) is 11.8 Å². The lowest BCUT2D eigenvalue weighted by atomic mass is 9.89. The Morgan fingerprint density at radius 2 is 1.59 bits per heavy atom. The number of hydrogen-bond donors (Lipinski definition) is 2. The molecule has 1 fully saturated rings. The third-order valence-electron chi connectivity index (χ3n) is 7.12. The van der Waals surface area contributed by atoms with Gasteiger partial charge in [0.1, 0.15) is 0 Å². The number of hydrogen-bond acceptors (Lipinski definition) is 4. The number of carbonyl (C=O) groups is 2. The molecule has 0 bridgehead atoms. The largest absolute Gasteiger partial charge is 0.371 e. The highest BCUT2D eigenvalue weighted by Gasteiger charge is 2.24. The molecule has 2 N–H and O–H groups in total. The van der Waals surface area contributed by atoms with E-state index in [4.69, 9.17) is 11.6 Å². The summed E-state index contributed by atoms with van der Waals surface area (Å²) < 4.78 is 0. The van der Waals surface area contributed by atoms with Gasteiger partial charge in [0.2, 0.25) is 0 Å². The predicted molar refractivity (Wildman–Crippen MR) is 156 cm³/mol. The number of amides is 2. The van der Waals surface area contributed by atoms with Crippen LogP contribution in [0, 0.1) is 5.92 Å². The van der Waals surface area contributed by atoms with E-state index in [1.54, 1.807) is 42.7 Å². The molecule has 5 rings (SSSR count). The Morgan fingerprint density at radius 3 is 2.33 bits per heavy atom. The van der Waals surface area contributed by atoms with Crippen molar-refractivity contribution in [2.75, 3.05) is 23.3 Å². The summed E-state index contributed by atoms with van der Waals surface area (Å²) in [5.41, 5.74) is 4.59. The van der Waals surface area contributed by atoms with E-state index in [0.717, 1.165) is 43.6 Å². The molecule has 4 aromatic rings. The smallest absolute Gasteiger partial charge is 0.257 e. The van der Waals surface area contributed by atoms with Crippen LogP contribution in [-0.4, -0.2) is 29.9 Å². The Hall–Kier alpha value is -4.16. The van der Waals surface area contributed by atoms with Crippen molar-refractivity contribution in [2.45, 2.75) is 25.8 Å². The Morgan fingerprint density at radius 1 is 0.846 bits per heavy atom. The van der Waals surface area contributed by atoms with Crippen LogP contribution in [0.2, 0.25) is 5.02 Å². The van der Waals surface area contributed by atoms with Gasteiger partial charge in [-0.25, -0.2) is 0 Å². The van der Waals surface area contributed by atoms with Crippen molar-refractivity contribution in [3.63, 3.8) is 0 Å². The number of nitrogens with zero attached hydrogens (tertiary/aromatic N) is 2. The standard InChI is InChI=1S/C32H31ClN4O2/c33-29-11-5-4-10-27(29)32(39)36-26-12-13-30(28(20-26)31(38)35-22-25-9-6-16-34-21-25)37-17-14-24(15-18-37)19-23-7-2-1-3-8-23/h1-13,16,20-21,24H,14-15,17-19,22H2,(H,35,38)(H,36,39). The molecule has 39 heavy (non-hydrogen) atoms. The molecule has 6 nitrogen and oxygen atoms in total. The molecular weight excluding hydrogens is 508 g/mol. The predicted octanol–water partition coefficient (Wildman–Crippen LogP) is 6.38. The molecular formula is C32H31ClN4O2. The van der Waals surface area contributed by atoms with Gasteiger partial charge < -0.3 is 15.5 Å². The van der Waals surface area contributed by atoms with Crippen LogP contribution in [0.3, 0.4) is 0 Å². The second kappa shape index (κ2) is 12.6. The fraction of sp³-hybridized carbons (Fsp3) is 0.219. The van der Waals surface area contributed by atoms with Gasteiger partial charge in [0.15, 0.2) is 0 Å². The first-order chi connectivity index (χ1) is 19.1. The third kappa shape index (κ3) is 6.84. The van der Waals surface area contributed by atoms with Gasteiger partial charge >= 0.3 is 0 Å². The first-order valence-corrected chi connectivity index (χ1v) is 13.6. The minimum Gasteiger partial charge on any atom is -0.371 e. The Kier molecular flexibility index (Phi) is 8.54. The number of anilines is 2. The molecule has 198 valence electrons. The van der Waals surface area contributed by atoms with E-state index in [9.17, 15) is 9.59 Å². The SMILES string of the molecule is O=C(Nc1ccc(N2CCC(Cc3ccccc3)CC2)c(C(=O)NCc2cccnc2)c1)c1ccccc1Cl. The number of aromatic nitrogens is 1. The maximum atomic E-state index is 13.5. The van der Waals surface area contributed by atoms with E-state index < -0.39 is 0 Å². The summed E-state index contributed by atoms with van der Waals surface area (Å²) in [6.07, 6.45) is 6.61. The lowest BCUT2D eigenvalue weighted by molar-refractivity contribution is 0.0950. The molecule has 7 heteroatoms. The molecule has 1 aromatic heterocycles. The van der Waals surface area contributed by atoms with Gasteiger partial charge in [-0.2, -0.15) is 0 Å². The van der Waals surface area contributed by atoms with Gasteiger partial charge in [0.25, 0.3) is 11.8 Å². The van der Waals surface area contributed by atoms with Crippen LogP contribution < -0.4 is 15.5 Å². The van der Waals surface area contributed by atoms with Crippen molar-refractivity contribution >= 4 is 34.8 Å². The van der Waals surface area contributed by atoms with Crippen LogP contribution >= 0.6 is 11.6 Å². The zero-order valence-electron chi connectivity index (χ0n) is 21.6. The Bertz CT molecular complexity index is 1420. The van der Waals surface area contributed by atoms with Crippen molar-refractivity contribution in [1.29, 1.82) is 0 Å². The average Bonchev–Trinajstić information content (AvgIpc) is 2.97. The molecule has 0 unspecified atom stereocenters. The van der Waals surface area contributed by atoms with Crippen LogP contribution in [0.15, 0.2) is 97.3 Å². The molecule has 1 aliphatic heterocycles. The number of pyridine rings is 1.